The summed E-state index contributed by atoms with van der Waals surface area (Å²) in [5.74, 6) is 0. The van der Waals surface area contributed by atoms with Crippen LogP contribution in [0.5, 0.6) is 0 Å². The number of thiophene rings is 2. The first-order valence-electron chi connectivity index (χ1n) is 9.74. The maximum Gasteiger partial charge on any atom is 0.128 e. The molecule has 0 bridgehead atoms. The van der Waals surface area contributed by atoms with Crippen molar-refractivity contribution in [2.75, 3.05) is 0 Å². The molecule has 0 aliphatic carbocycles. The summed E-state index contributed by atoms with van der Waals surface area (Å²) < 4.78 is 1.33. The number of nitrogens with zero attached hydrogens (tertiary/aromatic N) is 2. The molecule has 3 aromatic heterocycles. The van der Waals surface area contributed by atoms with Crippen LogP contribution in [0.4, 0.5) is 0 Å². The van der Waals surface area contributed by atoms with Crippen molar-refractivity contribution in [1.29, 1.82) is 0 Å². The average molecular weight is 433 g/mol. The van der Waals surface area contributed by atoms with Gasteiger partial charge < -0.3 is 5.11 Å². The van der Waals surface area contributed by atoms with Crippen LogP contribution in [0.25, 0.3) is 43.7 Å². The Morgan fingerprint density at radius 3 is 2.70 bits per heavy atom. The van der Waals surface area contributed by atoms with Crippen LogP contribution in [0.1, 0.15) is 43.7 Å². The third kappa shape index (κ3) is 3.59. The van der Waals surface area contributed by atoms with Gasteiger partial charge in [-0.1, -0.05) is 39.5 Å². The first kappa shape index (κ1) is 20.5. The first-order chi connectivity index (χ1) is 14.3. The molecule has 0 unspecified atom stereocenters. The fraction of sp³-hybridized carbons (Fsp3) is 0.200. The van der Waals surface area contributed by atoms with Crippen molar-refractivity contribution in [1.82, 2.24) is 9.97 Å². The van der Waals surface area contributed by atoms with Crippen molar-refractivity contribution in [2.24, 2.45) is 0 Å². The monoisotopic (exact) mass is 432 g/mol. The van der Waals surface area contributed by atoms with E-state index >= 15 is 0 Å². The Hall–Kier alpha value is -2.76. The van der Waals surface area contributed by atoms with E-state index in [9.17, 15) is 5.11 Å². The van der Waals surface area contributed by atoms with Crippen LogP contribution in [0.3, 0.4) is 0 Å². The van der Waals surface area contributed by atoms with Gasteiger partial charge in [0.15, 0.2) is 0 Å². The first-order valence-corrected chi connectivity index (χ1v) is 11.4. The largest absolute Gasteiger partial charge is 0.515 e. The zero-order valence-corrected chi connectivity index (χ0v) is 19.2. The van der Waals surface area contributed by atoms with Crippen molar-refractivity contribution < 1.29 is 5.11 Å². The van der Waals surface area contributed by atoms with Crippen LogP contribution in [0.15, 0.2) is 54.4 Å². The highest BCUT2D eigenvalue weighted by atomic mass is 32.1. The molecule has 0 fully saturated rings. The zero-order chi connectivity index (χ0) is 21.5. The molecule has 152 valence electrons. The number of benzene rings is 1. The number of aromatic nitrogens is 2. The normalized spacial score (nSPS) is 13.0. The highest BCUT2D eigenvalue weighted by Gasteiger charge is 2.21. The zero-order valence-electron chi connectivity index (χ0n) is 17.6. The van der Waals surface area contributed by atoms with Crippen LogP contribution >= 0.6 is 22.7 Å². The van der Waals surface area contributed by atoms with Crippen molar-refractivity contribution in [2.45, 2.75) is 33.1 Å². The van der Waals surface area contributed by atoms with E-state index in [1.165, 1.54) is 15.6 Å². The van der Waals surface area contributed by atoms with Gasteiger partial charge in [-0.05, 0) is 58.5 Å². The highest BCUT2D eigenvalue weighted by molar-refractivity contribution is 7.19. The summed E-state index contributed by atoms with van der Waals surface area (Å²) in [5, 5.41) is 13.6. The Balaban J connectivity index is 1.99. The molecular weight excluding hydrogens is 408 g/mol. The van der Waals surface area contributed by atoms with Gasteiger partial charge in [-0.3, -0.25) is 0 Å². The molecule has 4 aromatic rings. The minimum Gasteiger partial charge on any atom is -0.515 e. The summed E-state index contributed by atoms with van der Waals surface area (Å²) >= 11 is 3.40. The Bertz CT molecular complexity index is 1320. The third-order valence-corrected chi connectivity index (χ3v) is 7.13. The van der Waals surface area contributed by atoms with Gasteiger partial charge >= 0.3 is 0 Å². The molecule has 1 N–H and O–H groups in total. The summed E-state index contributed by atoms with van der Waals surface area (Å²) in [5.41, 5.74) is 5.20. The third-order valence-electron chi connectivity index (χ3n) is 5.09. The summed E-state index contributed by atoms with van der Waals surface area (Å²) in [7, 11) is 0. The predicted molar refractivity (Wildman–Crippen MR) is 132 cm³/mol. The number of hydrogen-bond acceptors (Lipinski definition) is 5. The van der Waals surface area contributed by atoms with Gasteiger partial charge in [0.2, 0.25) is 0 Å². The maximum atomic E-state index is 9.18. The van der Waals surface area contributed by atoms with Gasteiger partial charge in [0, 0.05) is 26.1 Å². The molecule has 3 nitrogen and oxygen atoms in total. The van der Waals surface area contributed by atoms with E-state index < -0.39 is 0 Å². The van der Waals surface area contributed by atoms with E-state index in [0.29, 0.717) is 0 Å². The molecule has 0 radical (unpaired) electrons. The van der Waals surface area contributed by atoms with Crippen molar-refractivity contribution in [3.8, 4) is 11.3 Å². The average Bonchev–Trinajstić information content (AvgIpc) is 3.33. The molecule has 0 aliphatic rings. The second-order valence-corrected chi connectivity index (χ2v) is 10.3. The van der Waals surface area contributed by atoms with Gasteiger partial charge in [-0.2, -0.15) is 0 Å². The van der Waals surface area contributed by atoms with E-state index in [0.717, 1.165) is 43.7 Å². The lowest BCUT2D eigenvalue weighted by Crippen LogP contribution is -2.11. The van der Waals surface area contributed by atoms with Gasteiger partial charge in [0.05, 0.1) is 12.0 Å². The minimum absolute atomic E-state index is 0.0310. The fourth-order valence-corrected chi connectivity index (χ4v) is 5.70. The Kier molecular flexibility index (Phi) is 5.35. The van der Waals surface area contributed by atoms with Crippen LogP contribution in [-0.4, -0.2) is 15.1 Å². The number of fused-ring (bicyclic) bond motifs is 2. The quantitative estimate of drug-likeness (QED) is 0.262. The molecule has 0 atom stereocenters. The van der Waals surface area contributed by atoms with E-state index in [2.05, 4.69) is 55.9 Å². The summed E-state index contributed by atoms with van der Waals surface area (Å²) in [4.78, 5) is 11.2. The van der Waals surface area contributed by atoms with Gasteiger partial charge in [0.25, 0.3) is 0 Å². The summed E-state index contributed by atoms with van der Waals surface area (Å²) in [6.07, 6.45) is 8.50. The lowest BCUT2D eigenvalue weighted by atomic mass is 9.85. The number of aliphatic hydroxyl groups excluding tert-OH is 1. The molecule has 0 aliphatic heterocycles. The molecule has 30 heavy (non-hydrogen) atoms. The lowest BCUT2D eigenvalue weighted by Gasteiger charge is -2.21. The number of aliphatic hydroxyl groups is 1. The minimum atomic E-state index is 0.0310. The van der Waals surface area contributed by atoms with Crippen LogP contribution in [-0.2, 0) is 5.41 Å². The van der Waals surface area contributed by atoms with Gasteiger partial charge in [-0.25, -0.2) is 9.97 Å². The van der Waals surface area contributed by atoms with Crippen molar-refractivity contribution in [3.05, 3.63) is 70.4 Å². The number of rotatable bonds is 4. The standard InChI is InChI=1S/C25H24N2OS2/c1-6-18-20(8-7-15(2)13-28)30-24-21(18)22(26-14-27-24)17-11-16-9-10-29-23(16)19(12-17)25(3,4)5/h6-14,28H,1H2,2-5H3/b8-7+,15-13-. The number of allylic oxidation sites excluding steroid dienone is 2. The second kappa shape index (κ2) is 7.82. The molecular formula is C25H24N2OS2. The Morgan fingerprint density at radius 2 is 2.00 bits per heavy atom. The van der Waals surface area contributed by atoms with Crippen molar-refractivity contribution >= 4 is 55.1 Å². The Labute approximate surface area is 184 Å². The SMILES string of the molecule is C=Cc1c(/C=C/C(C)=C\O)sc2ncnc(-c3cc(C(C)(C)C)c4sccc4c3)c12. The molecule has 1 aromatic carbocycles. The number of hydrogen-bond donors (Lipinski definition) is 1. The molecule has 5 heteroatoms. The van der Waals surface area contributed by atoms with E-state index in [1.54, 1.807) is 29.0 Å². The predicted octanol–water partition coefficient (Wildman–Crippen LogP) is 7.99. The molecule has 0 saturated carbocycles. The maximum absolute atomic E-state index is 9.18. The molecule has 3 heterocycles. The van der Waals surface area contributed by atoms with E-state index in [1.807, 2.05) is 25.2 Å². The second-order valence-electron chi connectivity index (χ2n) is 8.31. The fourth-order valence-electron chi connectivity index (χ4n) is 3.54. The van der Waals surface area contributed by atoms with Crippen LogP contribution < -0.4 is 0 Å². The lowest BCUT2D eigenvalue weighted by molar-refractivity contribution is 0.469. The van der Waals surface area contributed by atoms with Gasteiger partial charge in [0.1, 0.15) is 11.2 Å². The van der Waals surface area contributed by atoms with Gasteiger partial charge in [-0.15, -0.1) is 22.7 Å². The van der Waals surface area contributed by atoms with Crippen LogP contribution in [0, 0.1) is 0 Å². The van der Waals surface area contributed by atoms with Crippen LogP contribution in [0.2, 0.25) is 0 Å². The van der Waals surface area contributed by atoms with E-state index in [4.69, 9.17) is 4.98 Å². The summed E-state index contributed by atoms with van der Waals surface area (Å²) in [6, 6.07) is 6.68. The smallest absolute Gasteiger partial charge is 0.128 e. The topological polar surface area (TPSA) is 46.0 Å². The summed E-state index contributed by atoms with van der Waals surface area (Å²) in [6.45, 7) is 12.7. The molecule has 0 amide bonds. The van der Waals surface area contributed by atoms with Crippen molar-refractivity contribution in [3.63, 3.8) is 0 Å². The van der Waals surface area contributed by atoms with E-state index in [-0.39, 0.29) is 5.41 Å². The Morgan fingerprint density at radius 1 is 1.20 bits per heavy atom. The molecule has 0 spiro atoms. The highest BCUT2D eigenvalue weighted by Crippen LogP contribution is 2.41. The molecule has 4 rings (SSSR count). The molecule has 0 saturated heterocycles.